The third-order valence-electron chi connectivity index (χ3n) is 1.40. The van der Waals surface area contributed by atoms with E-state index in [0.29, 0.717) is 5.75 Å². The van der Waals surface area contributed by atoms with Gasteiger partial charge in [-0.25, -0.2) is 0 Å². The number of ether oxygens (including phenoxy) is 1. The molecule has 5 nitrogen and oxygen atoms in total. The van der Waals surface area contributed by atoms with Crippen LogP contribution >= 0.6 is 0 Å². The Morgan fingerprint density at radius 1 is 1.83 bits per heavy atom. The molecule has 0 saturated heterocycles. The molecule has 2 N–H and O–H groups in total. The van der Waals surface area contributed by atoms with Gasteiger partial charge in [0.25, 0.3) is 5.91 Å². The van der Waals surface area contributed by atoms with Crippen LogP contribution in [-0.4, -0.2) is 29.3 Å². The Bertz CT molecular complexity index is 245. The molecule has 66 valence electrons. The van der Waals surface area contributed by atoms with E-state index >= 15 is 0 Å². The summed E-state index contributed by atoms with van der Waals surface area (Å²) in [5, 5.41) is 8.75. The first kappa shape index (κ1) is 8.58. The molecule has 0 aromatic carbocycles. The maximum absolute atomic E-state index is 11.0. The summed E-state index contributed by atoms with van der Waals surface area (Å²) in [4.78, 5) is 11.0. The standard InChI is InChI=1S/C7H11N3O2/c1-5(7(11)8-2)12-6-3-9-10-4-6/h3-5H,1-2H3,(H,8,11)(H,9,10). The number of carbonyl (C=O) groups excluding carboxylic acids is 1. The molecule has 1 unspecified atom stereocenters. The van der Waals surface area contributed by atoms with Gasteiger partial charge in [-0.2, -0.15) is 5.10 Å². The predicted molar refractivity (Wildman–Crippen MR) is 42.7 cm³/mol. The molecule has 0 aliphatic heterocycles. The molecule has 1 rings (SSSR count). The second-order valence-corrected chi connectivity index (χ2v) is 2.31. The fourth-order valence-corrected chi connectivity index (χ4v) is 0.764. The number of aromatic nitrogens is 2. The smallest absolute Gasteiger partial charge is 0.260 e. The number of rotatable bonds is 3. The van der Waals surface area contributed by atoms with E-state index in [1.165, 1.54) is 6.20 Å². The minimum Gasteiger partial charge on any atom is -0.478 e. The molecule has 1 aromatic rings. The molecule has 0 spiro atoms. The van der Waals surface area contributed by atoms with Crippen molar-refractivity contribution in [2.24, 2.45) is 0 Å². The first-order chi connectivity index (χ1) is 5.74. The van der Waals surface area contributed by atoms with Crippen molar-refractivity contribution in [3.63, 3.8) is 0 Å². The number of hydrogen-bond donors (Lipinski definition) is 2. The summed E-state index contributed by atoms with van der Waals surface area (Å²) in [6, 6.07) is 0. The van der Waals surface area contributed by atoms with Gasteiger partial charge in [-0.3, -0.25) is 9.89 Å². The molecular weight excluding hydrogens is 158 g/mol. The van der Waals surface area contributed by atoms with Crippen molar-refractivity contribution in [2.75, 3.05) is 7.05 Å². The van der Waals surface area contributed by atoms with Crippen molar-refractivity contribution in [1.29, 1.82) is 0 Å². The zero-order valence-electron chi connectivity index (χ0n) is 7.00. The van der Waals surface area contributed by atoms with E-state index in [9.17, 15) is 4.79 Å². The Labute approximate surface area is 70.1 Å². The fraction of sp³-hybridized carbons (Fsp3) is 0.429. The van der Waals surface area contributed by atoms with Crippen LogP contribution in [0.15, 0.2) is 12.4 Å². The predicted octanol–water partition coefficient (Wildman–Crippen LogP) is -0.0770. The number of hydrogen-bond acceptors (Lipinski definition) is 3. The average Bonchev–Trinajstić information content (AvgIpc) is 2.55. The number of nitrogens with zero attached hydrogens (tertiary/aromatic N) is 1. The maximum Gasteiger partial charge on any atom is 0.260 e. The molecule has 12 heavy (non-hydrogen) atoms. The van der Waals surface area contributed by atoms with Gasteiger partial charge in [0.2, 0.25) is 0 Å². The minimum atomic E-state index is -0.493. The van der Waals surface area contributed by atoms with Crippen LogP contribution in [0.5, 0.6) is 5.75 Å². The topological polar surface area (TPSA) is 67.0 Å². The first-order valence-electron chi connectivity index (χ1n) is 3.61. The van der Waals surface area contributed by atoms with E-state index in [0.717, 1.165) is 0 Å². The SMILES string of the molecule is CNC(=O)C(C)Oc1cn[nH]c1. The summed E-state index contributed by atoms with van der Waals surface area (Å²) in [5.74, 6) is 0.405. The van der Waals surface area contributed by atoms with Crippen LogP contribution < -0.4 is 10.1 Å². The van der Waals surface area contributed by atoms with Gasteiger partial charge < -0.3 is 10.1 Å². The summed E-state index contributed by atoms with van der Waals surface area (Å²) in [6.07, 6.45) is 2.60. The highest BCUT2D eigenvalue weighted by atomic mass is 16.5. The number of amides is 1. The third-order valence-corrected chi connectivity index (χ3v) is 1.40. The summed E-state index contributed by atoms with van der Waals surface area (Å²) >= 11 is 0. The molecule has 0 saturated carbocycles. The van der Waals surface area contributed by atoms with Crippen LogP contribution in [0.3, 0.4) is 0 Å². The zero-order valence-corrected chi connectivity index (χ0v) is 7.00. The monoisotopic (exact) mass is 169 g/mol. The summed E-state index contributed by atoms with van der Waals surface area (Å²) in [5.41, 5.74) is 0. The zero-order chi connectivity index (χ0) is 8.97. The molecule has 5 heteroatoms. The van der Waals surface area contributed by atoms with Crippen molar-refractivity contribution < 1.29 is 9.53 Å². The highest BCUT2D eigenvalue weighted by molar-refractivity contribution is 5.80. The molecular formula is C7H11N3O2. The minimum absolute atomic E-state index is 0.156. The van der Waals surface area contributed by atoms with Crippen LogP contribution in [0, 0.1) is 0 Å². The van der Waals surface area contributed by atoms with Crippen molar-refractivity contribution >= 4 is 5.91 Å². The van der Waals surface area contributed by atoms with E-state index in [2.05, 4.69) is 15.5 Å². The quantitative estimate of drug-likeness (QED) is 0.665. The lowest BCUT2D eigenvalue weighted by atomic mass is 10.4. The maximum atomic E-state index is 11.0. The van der Waals surface area contributed by atoms with Gasteiger partial charge >= 0.3 is 0 Å². The summed E-state index contributed by atoms with van der Waals surface area (Å²) in [7, 11) is 1.57. The van der Waals surface area contributed by atoms with Gasteiger partial charge in [-0.15, -0.1) is 0 Å². The number of aromatic amines is 1. The largest absolute Gasteiger partial charge is 0.478 e. The van der Waals surface area contributed by atoms with Crippen LogP contribution in [0.4, 0.5) is 0 Å². The second kappa shape index (κ2) is 3.75. The van der Waals surface area contributed by atoms with Crippen LogP contribution in [0.1, 0.15) is 6.92 Å². The molecule has 1 amide bonds. The number of H-pyrrole nitrogens is 1. The van der Waals surface area contributed by atoms with Gasteiger partial charge in [0.1, 0.15) is 0 Å². The number of likely N-dealkylation sites (N-methyl/N-ethyl adjacent to an activating group) is 1. The van der Waals surface area contributed by atoms with Crippen molar-refractivity contribution in [1.82, 2.24) is 15.5 Å². The van der Waals surface area contributed by atoms with Gasteiger partial charge in [0.05, 0.1) is 12.4 Å². The highest BCUT2D eigenvalue weighted by Crippen LogP contribution is 2.07. The van der Waals surface area contributed by atoms with Crippen molar-refractivity contribution in [3.8, 4) is 5.75 Å². The van der Waals surface area contributed by atoms with Crippen LogP contribution in [0.25, 0.3) is 0 Å². The molecule has 1 aromatic heterocycles. The lowest BCUT2D eigenvalue weighted by Crippen LogP contribution is -2.33. The summed E-state index contributed by atoms with van der Waals surface area (Å²) < 4.78 is 5.20. The highest BCUT2D eigenvalue weighted by Gasteiger charge is 2.12. The van der Waals surface area contributed by atoms with Crippen LogP contribution in [-0.2, 0) is 4.79 Å². The molecule has 0 bridgehead atoms. The molecule has 0 fully saturated rings. The van der Waals surface area contributed by atoms with E-state index in [-0.39, 0.29) is 5.91 Å². The van der Waals surface area contributed by atoms with Crippen molar-refractivity contribution in [2.45, 2.75) is 13.0 Å². The van der Waals surface area contributed by atoms with Gasteiger partial charge in [0, 0.05) is 7.05 Å². The first-order valence-corrected chi connectivity index (χ1v) is 3.61. The Morgan fingerprint density at radius 2 is 2.58 bits per heavy atom. The van der Waals surface area contributed by atoms with E-state index < -0.39 is 6.10 Å². The van der Waals surface area contributed by atoms with E-state index in [4.69, 9.17) is 4.74 Å². The normalized spacial score (nSPS) is 12.2. The van der Waals surface area contributed by atoms with Crippen molar-refractivity contribution in [3.05, 3.63) is 12.4 Å². The van der Waals surface area contributed by atoms with Gasteiger partial charge in [0.15, 0.2) is 11.9 Å². The Balaban J connectivity index is 2.47. The van der Waals surface area contributed by atoms with E-state index in [1.54, 1.807) is 20.2 Å². The molecule has 0 aliphatic rings. The molecule has 0 aliphatic carbocycles. The Kier molecular flexibility index (Phi) is 2.68. The van der Waals surface area contributed by atoms with Crippen LogP contribution in [0.2, 0.25) is 0 Å². The summed E-state index contributed by atoms with van der Waals surface area (Å²) in [6.45, 7) is 1.67. The fourth-order valence-electron chi connectivity index (χ4n) is 0.764. The average molecular weight is 169 g/mol. The number of carbonyl (C=O) groups is 1. The lowest BCUT2D eigenvalue weighted by molar-refractivity contribution is -0.126. The van der Waals surface area contributed by atoms with Gasteiger partial charge in [-0.05, 0) is 6.92 Å². The molecule has 0 radical (unpaired) electrons. The van der Waals surface area contributed by atoms with E-state index in [1.807, 2.05) is 0 Å². The lowest BCUT2D eigenvalue weighted by Gasteiger charge is -2.10. The number of nitrogens with one attached hydrogen (secondary N) is 2. The van der Waals surface area contributed by atoms with Gasteiger partial charge in [-0.1, -0.05) is 0 Å². The molecule has 1 heterocycles. The molecule has 1 atom stereocenters. The second-order valence-electron chi connectivity index (χ2n) is 2.31. The third kappa shape index (κ3) is 1.98. The Hall–Kier alpha value is -1.52. The Morgan fingerprint density at radius 3 is 3.08 bits per heavy atom.